The molecule has 0 aliphatic rings. The molecule has 0 aliphatic heterocycles. The van der Waals surface area contributed by atoms with Gasteiger partial charge in [0.05, 0.1) is 11.4 Å². The number of aliphatic hydroxyl groups excluding tert-OH is 1. The molecule has 0 aliphatic carbocycles. The first-order chi connectivity index (χ1) is 7.13. The number of nitrogens with two attached hydrogens (primary N) is 2. The van der Waals surface area contributed by atoms with E-state index in [0.29, 0.717) is 17.4 Å². The Morgan fingerprint density at radius 1 is 1.33 bits per heavy atom. The van der Waals surface area contributed by atoms with Gasteiger partial charge >= 0.3 is 0 Å². The van der Waals surface area contributed by atoms with E-state index >= 15 is 0 Å². The van der Waals surface area contributed by atoms with Crippen LogP contribution < -0.4 is 16.8 Å². The molecular weight excluding hydrogens is 190 g/mol. The highest BCUT2D eigenvalue weighted by atomic mass is 16.2. The van der Waals surface area contributed by atoms with Crippen LogP contribution in [0.4, 0.5) is 17.1 Å². The van der Waals surface area contributed by atoms with Gasteiger partial charge in [0.2, 0.25) is 0 Å². The van der Waals surface area contributed by atoms with Crippen LogP contribution in [0.15, 0.2) is 18.2 Å². The predicted octanol–water partition coefficient (Wildman–Crippen LogP) is 1.42. The molecule has 0 radical (unpaired) electrons. The Hall–Kier alpha value is -1.42. The van der Waals surface area contributed by atoms with E-state index in [1.54, 1.807) is 6.07 Å². The van der Waals surface area contributed by atoms with Crippen molar-refractivity contribution in [1.82, 2.24) is 0 Å². The molecule has 1 aromatic rings. The summed E-state index contributed by atoms with van der Waals surface area (Å²) in [6, 6.07) is 5.84. The minimum Gasteiger partial charge on any atom is -0.397 e. The van der Waals surface area contributed by atoms with E-state index in [-0.39, 0.29) is 6.61 Å². The van der Waals surface area contributed by atoms with Crippen molar-refractivity contribution >= 4 is 17.1 Å². The fraction of sp³-hybridized carbons (Fsp3) is 0.455. The van der Waals surface area contributed by atoms with Crippen LogP contribution in [0.3, 0.4) is 0 Å². The van der Waals surface area contributed by atoms with E-state index in [1.165, 1.54) is 0 Å². The van der Waals surface area contributed by atoms with Gasteiger partial charge in [-0.15, -0.1) is 0 Å². The molecule has 0 saturated heterocycles. The van der Waals surface area contributed by atoms with Gasteiger partial charge in [-0.1, -0.05) is 0 Å². The molecule has 1 unspecified atom stereocenters. The van der Waals surface area contributed by atoms with Crippen LogP contribution in [0.5, 0.6) is 0 Å². The molecule has 0 spiro atoms. The Labute approximate surface area is 90.3 Å². The lowest BCUT2D eigenvalue weighted by Gasteiger charge is -2.15. The van der Waals surface area contributed by atoms with Crippen molar-refractivity contribution in [2.45, 2.75) is 25.8 Å². The van der Waals surface area contributed by atoms with Crippen LogP contribution in [0.1, 0.15) is 19.8 Å². The number of benzene rings is 1. The van der Waals surface area contributed by atoms with Gasteiger partial charge < -0.3 is 21.9 Å². The van der Waals surface area contributed by atoms with E-state index in [9.17, 15) is 0 Å². The van der Waals surface area contributed by atoms with E-state index < -0.39 is 0 Å². The molecular formula is C11H19N3O. The van der Waals surface area contributed by atoms with Crippen molar-refractivity contribution in [3.63, 3.8) is 0 Å². The number of nitrogen functional groups attached to an aromatic ring is 2. The first-order valence-corrected chi connectivity index (χ1v) is 5.16. The summed E-state index contributed by atoms with van der Waals surface area (Å²) in [4.78, 5) is 0. The molecule has 1 aromatic carbocycles. The van der Waals surface area contributed by atoms with E-state index in [4.69, 9.17) is 16.6 Å². The zero-order valence-electron chi connectivity index (χ0n) is 9.03. The fourth-order valence-electron chi connectivity index (χ4n) is 1.42. The maximum absolute atomic E-state index is 8.70. The van der Waals surface area contributed by atoms with E-state index in [1.807, 2.05) is 12.1 Å². The first kappa shape index (κ1) is 11.7. The summed E-state index contributed by atoms with van der Waals surface area (Å²) >= 11 is 0. The smallest absolute Gasteiger partial charge is 0.0568 e. The van der Waals surface area contributed by atoms with Gasteiger partial charge in [0.15, 0.2) is 0 Å². The highest BCUT2D eigenvalue weighted by molar-refractivity contribution is 5.69. The second-order valence-electron chi connectivity index (χ2n) is 3.75. The van der Waals surface area contributed by atoms with Crippen molar-refractivity contribution in [2.24, 2.45) is 0 Å². The minimum atomic E-state index is 0.232. The van der Waals surface area contributed by atoms with Crippen LogP contribution in [0.25, 0.3) is 0 Å². The molecule has 0 amide bonds. The van der Waals surface area contributed by atoms with Crippen molar-refractivity contribution < 1.29 is 5.11 Å². The molecule has 1 rings (SSSR count). The third-order valence-electron chi connectivity index (χ3n) is 2.30. The van der Waals surface area contributed by atoms with Crippen molar-refractivity contribution in [1.29, 1.82) is 0 Å². The normalized spacial score (nSPS) is 12.4. The monoisotopic (exact) mass is 209 g/mol. The first-order valence-electron chi connectivity index (χ1n) is 5.16. The van der Waals surface area contributed by atoms with Crippen molar-refractivity contribution in [3.05, 3.63) is 18.2 Å². The largest absolute Gasteiger partial charge is 0.397 e. The Morgan fingerprint density at radius 2 is 2.07 bits per heavy atom. The van der Waals surface area contributed by atoms with Crippen LogP contribution >= 0.6 is 0 Å². The SMILES string of the molecule is CC(CCCO)Nc1ccc(N)c(N)c1. The molecule has 0 fully saturated rings. The Bertz CT molecular complexity index is 315. The molecule has 15 heavy (non-hydrogen) atoms. The molecule has 6 N–H and O–H groups in total. The maximum atomic E-state index is 8.70. The summed E-state index contributed by atoms with van der Waals surface area (Å²) < 4.78 is 0. The van der Waals surface area contributed by atoms with E-state index in [2.05, 4.69) is 12.2 Å². The van der Waals surface area contributed by atoms with E-state index in [0.717, 1.165) is 18.5 Å². The van der Waals surface area contributed by atoms with Gasteiger partial charge in [-0.3, -0.25) is 0 Å². The zero-order chi connectivity index (χ0) is 11.3. The van der Waals surface area contributed by atoms with Gasteiger partial charge in [0.25, 0.3) is 0 Å². The molecule has 0 heterocycles. The van der Waals surface area contributed by atoms with Gasteiger partial charge in [-0.05, 0) is 38.0 Å². The predicted molar refractivity (Wildman–Crippen MR) is 64.7 cm³/mol. The fourth-order valence-corrected chi connectivity index (χ4v) is 1.42. The van der Waals surface area contributed by atoms with Crippen LogP contribution in [0.2, 0.25) is 0 Å². The summed E-state index contributed by atoms with van der Waals surface area (Å²) in [7, 11) is 0. The molecule has 4 nitrogen and oxygen atoms in total. The number of rotatable bonds is 5. The Kier molecular flexibility index (Phi) is 4.24. The van der Waals surface area contributed by atoms with Crippen LogP contribution in [-0.2, 0) is 0 Å². The lowest BCUT2D eigenvalue weighted by Crippen LogP contribution is -2.15. The van der Waals surface area contributed by atoms with Gasteiger partial charge in [-0.2, -0.15) is 0 Å². The Balaban J connectivity index is 2.53. The highest BCUT2D eigenvalue weighted by Crippen LogP contribution is 2.20. The minimum absolute atomic E-state index is 0.232. The van der Waals surface area contributed by atoms with Gasteiger partial charge in [0.1, 0.15) is 0 Å². The summed E-state index contributed by atoms with van der Waals surface area (Å²) in [6.45, 7) is 2.30. The van der Waals surface area contributed by atoms with Crippen molar-refractivity contribution in [2.75, 3.05) is 23.4 Å². The number of hydrogen-bond donors (Lipinski definition) is 4. The van der Waals surface area contributed by atoms with Crippen LogP contribution in [0, 0.1) is 0 Å². The standard InChI is InChI=1S/C11H19N3O/c1-8(3-2-6-15)14-9-4-5-10(12)11(13)7-9/h4-5,7-8,14-15H,2-3,6,12-13H2,1H3. The highest BCUT2D eigenvalue weighted by Gasteiger charge is 2.02. The maximum Gasteiger partial charge on any atom is 0.0568 e. The zero-order valence-corrected chi connectivity index (χ0v) is 9.03. The molecule has 0 bridgehead atoms. The summed E-state index contributed by atoms with van der Waals surface area (Å²) in [5.74, 6) is 0. The molecule has 1 atom stereocenters. The summed E-state index contributed by atoms with van der Waals surface area (Å²) in [5.41, 5.74) is 13.5. The lowest BCUT2D eigenvalue weighted by molar-refractivity contribution is 0.282. The Morgan fingerprint density at radius 3 is 2.67 bits per heavy atom. The summed E-state index contributed by atoms with van der Waals surface area (Å²) in [6.07, 6.45) is 1.74. The topological polar surface area (TPSA) is 84.3 Å². The third kappa shape index (κ3) is 3.67. The second kappa shape index (κ2) is 5.46. The number of anilines is 3. The number of hydrogen-bond acceptors (Lipinski definition) is 4. The average Bonchev–Trinajstić information content (AvgIpc) is 2.20. The van der Waals surface area contributed by atoms with Gasteiger partial charge in [-0.25, -0.2) is 0 Å². The second-order valence-corrected chi connectivity index (χ2v) is 3.75. The average molecular weight is 209 g/mol. The number of nitrogens with one attached hydrogen (secondary N) is 1. The lowest BCUT2D eigenvalue weighted by atomic mass is 10.1. The molecule has 0 aromatic heterocycles. The number of aliphatic hydroxyl groups is 1. The third-order valence-corrected chi connectivity index (χ3v) is 2.30. The van der Waals surface area contributed by atoms with Crippen molar-refractivity contribution in [3.8, 4) is 0 Å². The molecule has 4 heteroatoms. The molecule has 0 saturated carbocycles. The van der Waals surface area contributed by atoms with Gasteiger partial charge in [0, 0.05) is 18.3 Å². The quantitative estimate of drug-likeness (QED) is 0.553. The van der Waals surface area contributed by atoms with Crippen LogP contribution in [-0.4, -0.2) is 17.8 Å². The summed E-state index contributed by atoms with van der Waals surface area (Å²) in [5, 5.41) is 12.0. The molecule has 84 valence electrons.